The van der Waals surface area contributed by atoms with E-state index in [1.165, 1.54) is 5.56 Å². The Labute approximate surface area is 149 Å². The Bertz CT molecular complexity index is 597. The number of carbonyl (C=O) groups is 1. The zero-order valence-electron chi connectivity index (χ0n) is 14.8. The number of benzene rings is 1. The summed E-state index contributed by atoms with van der Waals surface area (Å²) in [5.74, 6) is 0.578. The highest BCUT2D eigenvalue weighted by atomic mass is 16.7. The number of hydrogen-bond acceptors (Lipinski definition) is 5. The van der Waals surface area contributed by atoms with Gasteiger partial charge in [-0.25, -0.2) is 0 Å². The van der Waals surface area contributed by atoms with Gasteiger partial charge in [-0.05, 0) is 25.3 Å². The van der Waals surface area contributed by atoms with Gasteiger partial charge in [0.15, 0.2) is 0 Å². The fraction of sp³-hybridized carbons (Fsp3) is 0.526. The molecule has 0 saturated carbocycles. The highest BCUT2D eigenvalue weighted by Gasteiger charge is 2.30. The van der Waals surface area contributed by atoms with E-state index >= 15 is 0 Å². The van der Waals surface area contributed by atoms with Crippen molar-refractivity contribution in [1.29, 1.82) is 0 Å². The van der Waals surface area contributed by atoms with E-state index < -0.39 is 0 Å². The molecule has 1 aromatic rings. The van der Waals surface area contributed by atoms with Gasteiger partial charge in [0.05, 0.1) is 0 Å². The number of nitrogens with zero attached hydrogens (tertiary/aromatic N) is 2. The van der Waals surface area contributed by atoms with Gasteiger partial charge >= 0.3 is 0 Å². The summed E-state index contributed by atoms with van der Waals surface area (Å²) in [6.07, 6.45) is 4.18. The molecule has 25 heavy (non-hydrogen) atoms. The maximum atomic E-state index is 11.2. The van der Waals surface area contributed by atoms with Gasteiger partial charge < -0.3 is 20.1 Å². The van der Waals surface area contributed by atoms with Gasteiger partial charge in [-0.15, -0.1) is 0 Å². The van der Waals surface area contributed by atoms with Crippen molar-refractivity contribution in [3.05, 3.63) is 48.0 Å². The van der Waals surface area contributed by atoms with E-state index in [9.17, 15) is 4.79 Å². The lowest BCUT2D eigenvalue weighted by Gasteiger charge is -2.41. The minimum atomic E-state index is -0.234. The quantitative estimate of drug-likeness (QED) is 0.819. The number of carbonyl (C=O) groups excluding carboxylic acids is 1. The summed E-state index contributed by atoms with van der Waals surface area (Å²) in [4.78, 5) is 15.8. The minimum Gasteiger partial charge on any atom is -0.459 e. The van der Waals surface area contributed by atoms with Crippen molar-refractivity contribution >= 4 is 5.91 Å². The fourth-order valence-corrected chi connectivity index (χ4v) is 3.61. The topological polar surface area (TPSA) is 68.0 Å². The number of piperidine rings is 1. The highest BCUT2D eigenvalue weighted by Crippen LogP contribution is 2.26. The molecule has 0 radical (unpaired) electrons. The van der Waals surface area contributed by atoms with E-state index in [1.807, 2.05) is 6.07 Å². The van der Waals surface area contributed by atoms with Crippen LogP contribution in [0, 0.1) is 0 Å². The average molecular weight is 345 g/mol. The standard InChI is InChI=1S/C19H27N3O3/c1-15(11-18(20)23)21-9-7-17(8-10-21)22(19-13-24-14-25-19)12-16-5-3-2-4-6-16/h2-6,13,15,17H,7-12,14H2,1H3,(H2,20,23)/t15-/m1/s1. The van der Waals surface area contributed by atoms with Crippen LogP contribution in [-0.2, 0) is 20.8 Å². The molecule has 2 N–H and O–H groups in total. The predicted octanol–water partition coefficient (Wildman–Crippen LogP) is 2.02. The molecule has 0 bridgehead atoms. The summed E-state index contributed by atoms with van der Waals surface area (Å²) in [6.45, 7) is 5.08. The van der Waals surface area contributed by atoms with Crippen molar-refractivity contribution in [2.45, 2.75) is 44.8 Å². The van der Waals surface area contributed by atoms with Gasteiger partial charge in [0, 0.05) is 38.1 Å². The third-order valence-corrected chi connectivity index (χ3v) is 5.00. The average Bonchev–Trinajstić information content (AvgIpc) is 3.14. The second kappa shape index (κ2) is 8.25. The summed E-state index contributed by atoms with van der Waals surface area (Å²) in [6, 6.07) is 11.0. The van der Waals surface area contributed by atoms with Crippen molar-refractivity contribution in [3.8, 4) is 0 Å². The van der Waals surface area contributed by atoms with Crippen LogP contribution in [0.5, 0.6) is 0 Å². The van der Waals surface area contributed by atoms with Crippen LogP contribution in [-0.4, -0.2) is 47.7 Å². The van der Waals surface area contributed by atoms with Crippen molar-refractivity contribution in [2.75, 3.05) is 19.9 Å². The third-order valence-electron chi connectivity index (χ3n) is 5.00. The SMILES string of the molecule is C[C@H](CC(N)=O)N1CCC(N(Cc2ccccc2)C2=COCO2)CC1. The number of likely N-dealkylation sites (tertiary alicyclic amines) is 1. The first kappa shape index (κ1) is 17.6. The first-order valence-corrected chi connectivity index (χ1v) is 8.91. The zero-order valence-corrected chi connectivity index (χ0v) is 14.8. The van der Waals surface area contributed by atoms with Gasteiger partial charge in [-0.1, -0.05) is 30.3 Å². The van der Waals surface area contributed by atoms with E-state index in [2.05, 4.69) is 41.0 Å². The molecule has 1 saturated heterocycles. The van der Waals surface area contributed by atoms with Crippen LogP contribution in [0.3, 0.4) is 0 Å². The number of amides is 1. The van der Waals surface area contributed by atoms with Gasteiger partial charge in [0.2, 0.25) is 18.6 Å². The molecular weight excluding hydrogens is 318 g/mol. The van der Waals surface area contributed by atoms with Crippen LogP contribution in [0.4, 0.5) is 0 Å². The summed E-state index contributed by atoms with van der Waals surface area (Å²) in [7, 11) is 0. The molecule has 1 amide bonds. The first-order valence-electron chi connectivity index (χ1n) is 8.91. The summed E-state index contributed by atoms with van der Waals surface area (Å²) < 4.78 is 10.9. The molecule has 1 fully saturated rings. The molecule has 136 valence electrons. The number of hydrogen-bond donors (Lipinski definition) is 1. The maximum absolute atomic E-state index is 11.2. The van der Waals surface area contributed by atoms with E-state index in [1.54, 1.807) is 6.26 Å². The number of primary amides is 1. The molecule has 2 heterocycles. The molecule has 2 aliphatic rings. The van der Waals surface area contributed by atoms with E-state index in [4.69, 9.17) is 15.2 Å². The van der Waals surface area contributed by atoms with Crippen molar-refractivity contribution in [2.24, 2.45) is 5.73 Å². The minimum absolute atomic E-state index is 0.200. The van der Waals surface area contributed by atoms with Gasteiger partial charge in [0.25, 0.3) is 0 Å². The molecule has 0 aromatic heterocycles. The Hall–Kier alpha value is -2.21. The Morgan fingerprint density at radius 2 is 2.04 bits per heavy atom. The van der Waals surface area contributed by atoms with Crippen molar-refractivity contribution in [1.82, 2.24) is 9.80 Å². The fourth-order valence-electron chi connectivity index (χ4n) is 3.61. The van der Waals surface area contributed by atoms with Crippen LogP contribution >= 0.6 is 0 Å². The van der Waals surface area contributed by atoms with Crippen molar-refractivity contribution < 1.29 is 14.3 Å². The summed E-state index contributed by atoms with van der Waals surface area (Å²) >= 11 is 0. The molecule has 6 nitrogen and oxygen atoms in total. The normalized spacial score (nSPS) is 19.6. The Kier molecular flexibility index (Phi) is 5.81. The maximum Gasteiger partial charge on any atom is 0.232 e. The highest BCUT2D eigenvalue weighted by molar-refractivity contribution is 5.74. The number of nitrogens with two attached hydrogens (primary N) is 1. The van der Waals surface area contributed by atoms with Crippen LogP contribution in [0.25, 0.3) is 0 Å². The molecule has 3 rings (SSSR count). The van der Waals surface area contributed by atoms with Gasteiger partial charge in [-0.2, -0.15) is 0 Å². The smallest absolute Gasteiger partial charge is 0.232 e. The third kappa shape index (κ3) is 4.66. The second-order valence-electron chi connectivity index (χ2n) is 6.79. The predicted molar refractivity (Wildman–Crippen MR) is 95.0 cm³/mol. The van der Waals surface area contributed by atoms with Crippen LogP contribution in [0.2, 0.25) is 0 Å². The van der Waals surface area contributed by atoms with E-state index in [-0.39, 0.29) is 18.7 Å². The molecule has 0 aliphatic carbocycles. The molecule has 0 unspecified atom stereocenters. The van der Waals surface area contributed by atoms with Crippen LogP contribution in [0.15, 0.2) is 42.5 Å². The van der Waals surface area contributed by atoms with Crippen LogP contribution in [0.1, 0.15) is 31.7 Å². The molecule has 2 aliphatic heterocycles. The van der Waals surface area contributed by atoms with Crippen molar-refractivity contribution in [3.63, 3.8) is 0 Å². The van der Waals surface area contributed by atoms with Gasteiger partial charge in [0.1, 0.15) is 6.26 Å². The summed E-state index contributed by atoms with van der Waals surface area (Å²) in [5, 5.41) is 0. The second-order valence-corrected chi connectivity index (χ2v) is 6.79. The lowest BCUT2D eigenvalue weighted by Crippen LogP contribution is -2.47. The Morgan fingerprint density at radius 1 is 1.32 bits per heavy atom. The van der Waals surface area contributed by atoms with E-state index in [0.29, 0.717) is 12.5 Å². The Balaban J connectivity index is 1.63. The summed E-state index contributed by atoms with van der Waals surface area (Å²) in [5.41, 5.74) is 6.59. The first-order chi connectivity index (χ1) is 12.1. The van der Waals surface area contributed by atoms with Crippen LogP contribution < -0.4 is 5.73 Å². The lowest BCUT2D eigenvalue weighted by molar-refractivity contribution is -0.119. The van der Waals surface area contributed by atoms with E-state index in [0.717, 1.165) is 38.4 Å². The molecule has 1 atom stereocenters. The monoisotopic (exact) mass is 345 g/mol. The van der Waals surface area contributed by atoms with Gasteiger partial charge in [-0.3, -0.25) is 9.69 Å². The number of ether oxygens (including phenoxy) is 2. The largest absolute Gasteiger partial charge is 0.459 e. The lowest BCUT2D eigenvalue weighted by atomic mass is 10.00. The molecule has 1 aromatic carbocycles. The molecule has 6 heteroatoms. The molecular formula is C19H27N3O3. The molecule has 0 spiro atoms. The zero-order chi connectivity index (χ0) is 17.6. The Morgan fingerprint density at radius 3 is 2.64 bits per heavy atom. The number of rotatable bonds is 7.